The fourth-order valence-corrected chi connectivity index (χ4v) is 1.62. The van der Waals surface area contributed by atoms with Crippen LogP contribution in [-0.2, 0) is 6.42 Å². The van der Waals surface area contributed by atoms with Gasteiger partial charge in [0.05, 0.1) is 0 Å². The Morgan fingerprint density at radius 1 is 1.27 bits per heavy atom. The Bertz CT molecular complexity index is 319. The lowest BCUT2D eigenvalue weighted by Crippen LogP contribution is -2.41. The highest BCUT2D eigenvalue weighted by molar-refractivity contribution is 5.80. The fraction of sp³-hybridized carbons (Fsp3) is 0.417. The molecule has 0 aromatic heterocycles. The summed E-state index contributed by atoms with van der Waals surface area (Å²) in [6.07, 6.45) is 2.19. The molecule has 0 unspecified atom stereocenters. The van der Waals surface area contributed by atoms with E-state index in [0.717, 1.165) is 38.4 Å². The van der Waals surface area contributed by atoms with Crippen LogP contribution in [0.15, 0.2) is 35.3 Å². The Morgan fingerprint density at radius 2 is 2.13 bits per heavy atom. The summed E-state index contributed by atoms with van der Waals surface area (Å²) in [5.41, 5.74) is 1.36. The molecule has 1 heterocycles. The lowest BCUT2D eigenvalue weighted by molar-refractivity contribution is 0.700. The number of nitrogens with one attached hydrogen (secondary N) is 2. The summed E-state index contributed by atoms with van der Waals surface area (Å²) in [6, 6.07) is 10.5. The topological polar surface area (TPSA) is 36.4 Å². The van der Waals surface area contributed by atoms with Crippen molar-refractivity contribution in [2.45, 2.75) is 12.8 Å². The molecule has 80 valence electrons. The molecule has 1 aromatic rings. The second-order valence-electron chi connectivity index (χ2n) is 3.67. The molecule has 2 N–H and O–H groups in total. The van der Waals surface area contributed by atoms with Gasteiger partial charge in [-0.25, -0.2) is 0 Å². The van der Waals surface area contributed by atoms with E-state index >= 15 is 0 Å². The van der Waals surface area contributed by atoms with Gasteiger partial charge in [-0.3, -0.25) is 4.99 Å². The highest BCUT2D eigenvalue weighted by Crippen LogP contribution is 1.98. The number of rotatable bonds is 3. The van der Waals surface area contributed by atoms with Crippen LogP contribution >= 0.6 is 0 Å². The Kier molecular flexibility index (Phi) is 3.60. The van der Waals surface area contributed by atoms with Crippen molar-refractivity contribution in [3.05, 3.63) is 35.9 Å². The van der Waals surface area contributed by atoms with Crippen LogP contribution in [0.25, 0.3) is 0 Å². The summed E-state index contributed by atoms with van der Waals surface area (Å²) in [7, 11) is 0. The molecule has 3 nitrogen and oxygen atoms in total. The van der Waals surface area contributed by atoms with Crippen molar-refractivity contribution in [1.82, 2.24) is 10.6 Å². The first-order valence-corrected chi connectivity index (χ1v) is 5.51. The van der Waals surface area contributed by atoms with Gasteiger partial charge in [-0.1, -0.05) is 30.3 Å². The number of hydrogen-bond acceptors (Lipinski definition) is 3. The maximum absolute atomic E-state index is 4.36. The lowest BCUT2D eigenvalue weighted by atomic mass is 10.1. The molecular weight excluding hydrogens is 186 g/mol. The van der Waals surface area contributed by atoms with Crippen molar-refractivity contribution in [3.8, 4) is 0 Å². The van der Waals surface area contributed by atoms with E-state index in [1.807, 2.05) is 6.07 Å². The molecule has 2 rings (SSSR count). The van der Waals surface area contributed by atoms with Crippen molar-refractivity contribution in [1.29, 1.82) is 0 Å². The molecule has 0 radical (unpaired) electrons. The van der Waals surface area contributed by atoms with Crippen molar-refractivity contribution >= 4 is 5.96 Å². The summed E-state index contributed by atoms with van der Waals surface area (Å²) in [5.74, 6) is 0.956. The van der Waals surface area contributed by atoms with Gasteiger partial charge in [0, 0.05) is 19.6 Å². The maximum atomic E-state index is 4.36. The number of benzene rings is 1. The van der Waals surface area contributed by atoms with Crippen molar-refractivity contribution in [2.75, 3.05) is 19.6 Å². The standard InChI is InChI=1S/C12H17N3/c1-2-5-11(6-3-1)7-10-15-12-13-8-4-9-14-12/h1-3,5-6H,4,7-10H2,(H2,13,14,15). The fourth-order valence-electron chi connectivity index (χ4n) is 1.62. The van der Waals surface area contributed by atoms with Crippen LogP contribution in [0.5, 0.6) is 0 Å². The largest absolute Gasteiger partial charge is 0.356 e. The monoisotopic (exact) mass is 203 g/mol. The van der Waals surface area contributed by atoms with E-state index in [0.29, 0.717) is 0 Å². The minimum atomic E-state index is 0.940. The predicted molar refractivity (Wildman–Crippen MR) is 63.1 cm³/mol. The molecule has 0 amide bonds. The third kappa shape index (κ3) is 3.27. The number of aliphatic imine (C=N–C) groups is 1. The molecule has 0 atom stereocenters. The first-order valence-electron chi connectivity index (χ1n) is 5.51. The molecule has 1 aliphatic heterocycles. The molecule has 0 saturated heterocycles. The first kappa shape index (κ1) is 10.0. The molecule has 0 fully saturated rings. The van der Waals surface area contributed by atoms with E-state index in [2.05, 4.69) is 39.9 Å². The zero-order valence-corrected chi connectivity index (χ0v) is 8.87. The van der Waals surface area contributed by atoms with E-state index in [9.17, 15) is 0 Å². The van der Waals surface area contributed by atoms with Crippen LogP contribution in [0, 0.1) is 0 Å². The van der Waals surface area contributed by atoms with E-state index in [1.54, 1.807) is 0 Å². The van der Waals surface area contributed by atoms with Gasteiger partial charge in [-0.05, 0) is 18.4 Å². The van der Waals surface area contributed by atoms with Gasteiger partial charge >= 0.3 is 0 Å². The summed E-state index contributed by atoms with van der Waals surface area (Å²) in [6.45, 7) is 2.92. The van der Waals surface area contributed by atoms with Crippen LogP contribution in [0.3, 0.4) is 0 Å². The van der Waals surface area contributed by atoms with Gasteiger partial charge in [0.1, 0.15) is 0 Å². The molecule has 0 bridgehead atoms. The maximum Gasteiger partial charge on any atom is 0.191 e. The van der Waals surface area contributed by atoms with E-state index in [4.69, 9.17) is 0 Å². The second-order valence-corrected chi connectivity index (χ2v) is 3.67. The Morgan fingerprint density at radius 3 is 2.87 bits per heavy atom. The minimum Gasteiger partial charge on any atom is -0.356 e. The van der Waals surface area contributed by atoms with Crippen LogP contribution in [0.1, 0.15) is 12.0 Å². The van der Waals surface area contributed by atoms with E-state index in [-0.39, 0.29) is 0 Å². The Balaban J connectivity index is 1.73. The summed E-state index contributed by atoms with van der Waals surface area (Å²) in [4.78, 5) is 4.36. The lowest BCUT2D eigenvalue weighted by Gasteiger charge is -2.15. The SMILES string of the molecule is c1ccc(CCNC2=NCCCN2)cc1. The van der Waals surface area contributed by atoms with Gasteiger partial charge in [0.15, 0.2) is 5.96 Å². The average Bonchev–Trinajstić information content (AvgIpc) is 2.32. The number of guanidine groups is 1. The van der Waals surface area contributed by atoms with Gasteiger partial charge in [-0.15, -0.1) is 0 Å². The summed E-state index contributed by atoms with van der Waals surface area (Å²) < 4.78 is 0. The molecule has 0 saturated carbocycles. The molecular formula is C12H17N3. The molecule has 0 spiro atoms. The van der Waals surface area contributed by atoms with E-state index in [1.165, 1.54) is 5.56 Å². The van der Waals surface area contributed by atoms with E-state index < -0.39 is 0 Å². The molecule has 1 aromatic carbocycles. The highest BCUT2D eigenvalue weighted by Gasteiger charge is 2.01. The normalized spacial score (nSPS) is 15.3. The molecule has 15 heavy (non-hydrogen) atoms. The van der Waals surface area contributed by atoms with Gasteiger partial charge in [0.25, 0.3) is 0 Å². The summed E-state index contributed by atoms with van der Waals surface area (Å²) >= 11 is 0. The molecule has 1 aliphatic rings. The van der Waals surface area contributed by atoms with Crippen LogP contribution in [-0.4, -0.2) is 25.6 Å². The van der Waals surface area contributed by atoms with Crippen molar-refractivity contribution in [3.63, 3.8) is 0 Å². The Labute approximate surface area is 90.6 Å². The first-order chi connectivity index (χ1) is 7.45. The smallest absolute Gasteiger partial charge is 0.191 e. The second kappa shape index (κ2) is 5.39. The van der Waals surface area contributed by atoms with Gasteiger partial charge < -0.3 is 10.6 Å². The molecule has 3 heteroatoms. The quantitative estimate of drug-likeness (QED) is 0.773. The summed E-state index contributed by atoms with van der Waals surface area (Å²) in [5, 5.41) is 6.55. The van der Waals surface area contributed by atoms with Gasteiger partial charge in [-0.2, -0.15) is 0 Å². The Hall–Kier alpha value is -1.51. The number of hydrogen-bond donors (Lipinski definition) is 2. The zero-order valence-electron chi connectivity index (χ0n) is 8.87. The third-order valence-electron chi connectivity index (χ3n) is 2.45. The predicted octanol–water partition coefficient (Wildman–Crippen LogP) is 1.17. The minimum absolute atomic E-state index is 0.940. The average molecular weight is 203 g/mol. The van der Waals surface area contributed by atoms with Crippen LogP contribution in [0.2, 0.25) is 0 Å². The number of nitrogens with zero attached hydrogens (tertiary/aromatic N) is 1. The zero-order chi connectivity index (χ0) is 10.3. The van der Waals surface area contributed by atoms with Crippen molar-refractivity contribution < 1.29 is 0 Å². The molecule has 0 aliphatic carbocycles. The third-order valence-corrected chi connectivity index (χ3v) is 2.45. The van der Waals surface area contributed by atoms with Crippen LogP contribution in [0.4, 0.5) is 0 Å². The van der Waals surface area contributed by atoms with Crippen molar-refractivity contribution in [2.24, 2.45) is 4.99 Å². The van der Waals surface area contributed by atoms with Gasteiger partial charge in [0.2, 0.25) is 0 Å². The van der Waals surface area contributed by atoms with Crippen LogP contribution < -0.4 is 10.6 Å². The highest BCUT2D eigenvalue weighted by atomic mass is 15.2.